The SMILES string of the molecule is COc1cccc([C@@](C)(CO)CO[Si](C)(C)C(C)(C)C)c1. The average molecular weight is 311 g/mol. The van der Waals surface area contributed by atoms with Crippen LogP contribution in [-0.2, 0) is 9.84 Å². The highest BCUT2D eigenvalue weighted by atomic mass is 28.4. The fourth-order valence-electron chi connectivity index (χ4n) is 1.77. The summed E-state index contributed by atoms with van der Waals surface area (Å²) in [5, 5.41) is 10.1. The van der Waals surface area contributed by atoms with E-state index >= 15 is 0 Å². The maximum absolute atomic E-state index is 9.90. The molecule has 21 heavy (non-hydrogen) atoms. The Bertz CT molecular complexity index is 465. The Hall–Kier alpha value is -0.843. The van der Waals surface area contributed by atoms with Gasteiger partial charge in [0, 0.05) is 12.0 Å². The molecule has 1 aromatic carbocycles. The molecule has 3 nitrogen and oxygen atoms in total. The lowest BCUT2D eigenvalue weighted by Gasteiger charge is -2.39. The smallest absolute Gasteiger partial charge is 0.192 e. The van der Waals surface area contributed by atoms with Crippen LogP contribution in [0.4, 0.5) is 0 Å². The molecule has 0 bridgehead atoms. The molecule has 0 fully saturated rings. The van der Waals surface area contributed by atoms with Gasteiger partial charge in [-0.25, -0.2) is 0 Å². The lowest BCUT2D eigenvalue weighted by Crippen LogP contribution is -2.45. The third-order valence-electron chi connectivity index (χ3n) is 4.67. The summed E-state index contributed by atoms with van der Waals surface area (Å²) in [7, 11) is -0.174. The summed E-state index contributed by atoms with van der Waals surface area (Å²) in [6, 6.07) is 7.86. The van der Waals surface area contributed by atoms with Gasteiger partial charge in [0.1, 0.15) is 5.75 Å². The van der Waals surface area contributed by atoms with Crippen LogP contribution in [-0.4, -0.2) is 33.7 Å². The second-order valence-corrected chi connectivity index (χ2v) is 12.3. The standard InChI is InChI=1S/C17H30O3Si/c1-16(2,3)21(6,7)20-13-17(4,12-18)14-9-8-10-15(11-14)19-5/h8-11,18H,12-13H2,1-7H3/t17-/m0/s1. The minimum absolute atomic E-state index is 0.0504. The van der Waals surface area contributed by atoms with Gasteiger partial charge in [0.05, 0.1) is 13.7 Å². The number of rotatable bonds is 6. The van der Waals surface area contributed by atoms with Crippen LogP contribution in [0.5, 0.6) is 5.75 Å². The monoisotopic (exact) mass is 310 g/mol. The number of hydrogen-bond donors (Lipinski definition) is 1. The lowest BCUT2D eigenvalue weighted by molar-refractivity contribution is 0.133. The molecule has 0 saturated carbocycles. The van der Waals surface area contributed by atoms with Gasteiger partial charge in [-0.15, -0.1) is 0 Å². The lowest BCUT2D eigenvalue weighted by atomic mass is 9.84. The molecule has 1 rings (SSSR count). The number of ether oxygens (including phenoxy) is 1. The van der Waals surface area contributed by atoms with E-state index in [1.165, 1.54) is 0 Å². The van der Waals surface area contributed by atoms with Gasteiger partial charge in [-0.3, -0.25) is 0 Å². The molecule has 0 aromatic heterocycles. The van der Waals surface area contributed by atoms with Gasteiger partial charge < -0.3 is 14.3 Å². The Morgan fingerprint density at radius 2 is 1.76 bits per heavy atom. The topological polar surface area (TPSA) is 38.7 Å². The first-order chi connectivity index (χ1) is 9.55. The maximum atomic E-state index is 9.90. The summed E-state index contributed by atoms with van der Waals surface area (Å²) < 4.78 is 11.6. The molecule has 4 heteroatoms. The number of aliphatic hydroxyl groups excluding tert-OH is 1. The first-order valence-corrected chi connectivity index (χ1v) is 10.4. The third-order valence-corrected chi connectivity index (χ3v) is 9.15. The molecular formula is C17H30O3Si. The van der Waals surface area contributed by atoms with Crippen molar-refractivity contribution in [1.82, 2.24) is 0 Å². The number of methoxy groups -OCH3 is 1. The first kappa shape index (κ1) is 18.2. The van der Waals surface area contributed by atoms with Crippen molar-refractivity contribution >= 4 is 8.32 Å². The molecule has 0 heterocycles. The van der Waals surface area contributed by atoms with E-state index in [2.05, 4.69) is 33.9 Å². The van der Waals surface area contributed by atoms with E-state index in [9.17, 15) is 5.11 Å². The predicted octanol–water partition coefficient (Wildman–Crippen LogP) is 3.97. The van der Waals surface area contributed by atoms with E-state index in [1.807, 2.05) is 31.2 Å². The second kappa shape index (κ2) is 6.51. The number of aliphatic hydroxyl groups is 1. The van der Waals surface area contributed by atoms with E-state index < -0.39 is 13.7 Å². The maximum Gasteiger partial charge on any atom is 0.192 e. The van der Waals surface area contributed by atoms with Crippen molar-refractivity contribution in [1.29, 1.82) is 0 Å². The van der Waals surface area contributed by atoms with Crippen LogP contribution in [0, 0.1) is 0 Å². The molecule has 0 aliphatic rings. The number of hydrogen-bond acceptors (Lipinski definition) is 3. The fourth-order valence-corrected chi connectivity index (χ4v) is 2.89. The molecule has 0 aliphatic carbocycles. The van der Waals surface area contributed by atoms with Gasteiger partial charge in [0.25, 0.3) is 0 Å². The van der Waals surface area contributed by atoms with Crippen molar-refractivity contribution in [2.45, 2.75) is 51.2 Å². The third kappa shape index (κ3) is 4.31. The molecule has 0 spiro atoms. The van der Waals surface area contributed by atoms with Crippen LogP contribution >= 0.6 is 0 Å². The van der Waals surface area contributed by atoms with E-state index in [-0.39, 0.29) is 11.6 Å². The van der Waals surface area contributed by atoms with Crippen molar-refractivity contribution in [2.75, 3.05) is 20.3 Å². The largest absolute Gasteiger partial charge is 0.497 e. The number of benzene rings is 1. The van der Waals surface area contributed by atoms with E-state index in [4.69, 9.17) is 9.16 Å². The summed E-state index contributed by atoms with van der Waals surface area (Å²) in [4.78, 5) is 0. The summed E-state index contributed by atoms with van der Waals surface area (Å²) in [6.45, 7) is 13.7. The Balaban J connectivity index is 2.95. The molecular weight excluding hydrogens is 280 g/mol. The van der Waals surface area contributed by atoms with Crippen molar-refractivity contribution in [3.63, 3.8) is 0 Å². The zero-order valence-corrected chi connectivity index (χ0v) is 15.5. The van der Waals surface area contributed by atoms with Gasteiger partial charge in [-0.2, -0.15) is 0 Å². The molecule has 0 unspecified atom stereocenters. The second-order valence-electron chi connectivity index (χ2n) is 7.50. The van der Waals surface area contributed by atoms with E-state index in [0.717, 1.165) is 11.3 Å². The highest BCUT2D eigenvalue weighted by molar-refractivity contribution is 6.74. The zero-order chi connectivity index (χ0) is 16.3. The highest BCUT2D eigenvalue weighted by Crippen LogP contribution is 2.38. The van der Waals surface area contributed by atoms with Gasteiger partial charge in [0.2, 0.25) is 0 Å². The highest BCUT2D eigenvalue weighted by Gasteiger charge is 2.39. The van der Waals surface area contributed by atoms with Crippen LogP contribution in [0.2, 0.25) is 18.1 Å². The van der Waals surface area contributed by atoms with E-state index in [1.54, 1.807) is 7.11 Å². The van der Waals surface area contributed by atoms with Crippen molar-refractivity contribution < 1.29 is 14.3 Å². The van der Waals surface area contributed by atoms with Gasteiger partial charge in [0.15, 0.2) is 8.32 Å². The molecule has 0 amide bonds. The van der Waals surface area contributed by atoms with Crippen molar-refractivity contribution in [2.24, 2.45) is 0 Å². The molecule has 0 aliphatic heterocycles. The molecule has 0 saturated heterocycles. The van der Waals surface area contributed by atoms with Crippen LogP contribution in [0.3, 0.4) is 0 Å². The van der Waals surface area contributed by atoms with Gasteiger partial charge in [-0.1, -0.05) is 39.8 Å². The van der Waals surface area contributed by atoms with Crippen molar-refractivity contribution in [3.05, 3.63) is 29.8 Å². The summed E-state index contributed by atoms with van der Waals surface area (Å²) in [5.74, 6) is 0.805. The van der Waals surface area contributed by atoms with Gasteiger partial charge >= 0.3 is 0 Å². The molecule has 120 valence electrons. The minimum Gasteiger partial charge on any atom is -0.497 e. The van der Waals surface area contributed by atoms with Crippen LogP contribution < -0.4 is 4.74 Å². The molecule has 0 radical (unpaired) electrons. The van der Waals surface area contributed by atoms with E-state index in [0.29, 0.717) is 6.61 Å². The quantitative estimate of drug-likeness (QED) is 0.808. The fraction of sp³-hybridized carbons (Fsp3) is 0.647. The molecule has 1 aromatic rings. The Labute approximate surface area is 130 Å². The molecule has 1 N–H and O–H groups in total. The van der Waals surface area contributed by atoms with Crippen LogP contribution in [0.25, 0.3) is 0 Å². The average Bonchev–Trinajstić information content (AvgIpc) is 2.43. The van der Waals surface area contributed by atoms with Crippen LogP contribution in [0.15, 0.2) is 24.3 Å². The molecule has 1 atom stereocenters. The Morgan fingerprint density at radius 3 is 2.24 bits per heavy atom. The Morgan fingerprint density at radius 1 is 1.14 bits per heavy atom. The van der Waals surface area contributed by atoms with Gasteiger partial charge in [-0.05, 0) is 35.8 Å². The normalized spacial score (nSPS) is 15.6. The predicted molar refractivity (Wildman–Crippen MR) is 90.6 cm³/mol. The summed E-state index contributed by atoms with van der Waals surface area (Å²) in [6.07, 6.45) is 0. The van der Waals surface area contributed by atoms with Crippen molar-refractivity contribution in [3.8, 4) is 5.75 Å². The zero-order valence-electron chi connectivity index (χ0n) is 14.5. The Kier molecular flexibility index (Phi) is 5.64. The summed E-state index contributed by atoms with van der Waals surface area (Å²) in [5.41, 5.74) is 0.632. The minimum atomic E-state index is -1.83. The summed E-state index contributed by atoms with van der Waals surface area (Å²) >= 11 is 0. The van der Waals surface area contributed by atoms with Crippen LogP contribution in [0.1, 0.15) is 33.3 Å². The first-order valence-electron chi connectivity index (χ1n) is 7.45.